The van der Waals surface area contributed by atoms with Gasteiger partial charge in [0, 0.05) is 36.7 Å². The van der Waals surface area contributed by atoms with Gasteiger partial charge in [-0.25, -0.2) is 0 Å². The molecule has 0 aliphatic carbocycles. The van der Waals surface area contributed by atoms with Gasteiger partial charge in [0.1, 0.15) is 5.75 Å². The van der Waals surface area contributed by atoms with Gasteiger partial charge in [-0.2, -0.15) is 11.3 Å². The number of hydrogen-bond donors (Lipinski definition) is 0. The standard InChI is InChI=1S/C25H29ClN2OS/c1-18-15-28(19(2)14-27(18)16-20-6-4-8-23(26)12-20)25(22-10-11-30-17-22)21-7-5-9-24(13-21)29-3/h4-13,17-19,25H,14-16H2,1-3H3/t18-,19+,25+/m1/s1. The molecule has 0 spiro atoms. The van der Waals surface area contributed by atoms with Crippen LogP contribution in [0.1, 0.15) is 36.6 Å². The highest BCUT2D eigenvalue weighted by Gasteiger charge is 2.35. The molecule has 0 unspecified atom stereocenters. The van der Waals surface area contributed by atoms with E-state index in [2.05, 4.69) is 70.8 Å². The largest absolute Gasteiger partial charge is 0.497 e. The van der Waals surface area contributed by atoms with Crippen LogP contribution in [-0.2, 0) is 6.54 Å². The molecule has 0 radical (unpaired) electrons. The molecule has 1 aliphatic heterocycles. The Morgan fingerprint density at radius 3 is 2.60 bits per heavy atom. The first-order chi connectivity index (χ1) is 14.5. The molecule has 0 bridgehead atoms. The minimum absolute atomic E-state index is 0.233. The van der Waals surface area contributed by atoms with Gasteiger partial charge in [0.05, 0.1) is 13.2 Å². The number of hydrogen-bond acceptors (Lipinski definition) is 4. The monoisotopic (exact) mass is 440 g/mol. The van der Waals surface area contributed by atoms with Crippen molar-refractivity contribution in [3.8, 4) is 5.75 Å². The minimum Gasteiger partial charge on any atom is -0.497 e. The molecule has 1 saturated heterocycles. The van der Waals surface area contributed by atoms with E-state index < -0.39 is 0 Å². The summed E-state index contributed by atoms with van der Waals surface area (Å²) >= 11 is 7.97. The van der Waals surface area contributed by atoms with Crippen LogP contribution >= 0.6 is 22.9 Å². The third kappa shape index (κ3) is 4.73. The minimum atomic E-state index is 0.233. The van der Waals surface area contributed by atoms with Gasteiger partial charge in [0.2, 0.25) is 0 Å². The molecule has 4 rings (SSSR count). The number of methoxy groups -OCH3 is 1. The SMILES string of the molecule is COc1cccc([C@@H](c2ccsc2)N2C[C@@H](C)N(Cc3cccc(Cl)c3)C[C@@H]2C)c1. The quantitative estimate of drug-likeness (QED) is 0.461. The Labute approximate surface area is 188 Å². The molecule has 3 aromatic rings. The van der Waals surface area contributed by atoms with E-state index in [4.69, 9.17) is 16.3 Å². The molecule has 1 aliphatic rings. The molecule has 5 heteroatoms. The first kappa shape index (κ1) is 21.4. The van der Waals surface area contributed by atoms with Crippen LogP contribution in [0, 0.1) is 0 Å². The van der Waals surface area contributed by atoms with Crippen molar-refractivity contribution in [1.82, 2.24) is 9.80 Å². The Kier molecular flexibility index (Phi) is 6.79. The summed E-state index contributed by atoms with van der Waals surface area (Å²) in [6.07, 6.45) is 0. The molecule has 30 heavy (non-hydrogen) atoms. The lowest BCUT2D eigenvalue weighted by molar-refractivity contribution is 0.0196. The maximum absolute atomic E-state index is 6.21. The Bertz CT molecular complexity index is 961. The lowest BCUT2D eigenvalue weighted by Crippen LogP contribution is -2.56. The third-order valence-electron chi connectivity index (χ3n) is 6.04. The normalized spacial score (nSPS) is 21.5. The van der Waals surface area contributed by atoms with Crippen LogP contribution in [0.15, 0.2) is 65.4 Å². The van der Waals surface area contributed by atoms with Crippen molar-refractivity contribution in [2.75, 3.05) is 20.2 Å². The molecule has 0 N–H and O–H groups in total. The topological polar surface area (TPSA) is 15.7 Å². The number of ether oxygens (including phenoxy) is 1. The molecular formula is C25H29ClN2OS. The number of rotatable bonds is 6. The number of thiophene rings is 1. The van der Waals surface area contributed by atoms with Crippen LogP contribution < -0.4 is 4.74 Å². The summed E-state index contributed by atoms with van der Waals surface area (Å²) in [6.45, 7) is 7.65. The van der Waals surface area contributed by atoms with Gasteiger partial charge < -0.3 is 4.74 Å². The first-order valence-electron chi connectivity index (χ1n) is 10.5. The second-order valence-corrected chi connectivity index (χ2v) is 9.41. The first-order valence-corrected chi connectivity index (χ1v) is 11.8. The second-order valence-electron chi connectivity index (χ2n) is 8.19. The van der Waals surface area contributed by atoms with Crippen molar-refractivity contribution < 1.29 is 4.74 Å². The summed E-state index contributed by atoms with van der Waals surface area (Å²) in [4.78, 5) is 5.22. The predicted octanol–water partition coefficient (Wildman–Crippen LogP) is 6.09. The Balaban J connectivity index is 1.58. The van der Waals surface area contributed by atoms with E-state index in [1.165, 1.54) is 16.7 Å². The molecule has 1 aromatic heterocycles. The number of halogens is 1. The van der Waals surface area contributed by atoms with Crippen LogP contribution in [0.5, 0.6) is 5.75 Å². The fourth-order valence-electron chi connectivity index (χ4n) is 4.49. The van der Waals surface area contributed by atoms with E-state index in [0.717, 1.165) is 30.4 Å². The molecule has 158 valence electrons. The van der Waals surface area contributed by atoms with Gasteiger partial charge in [-0.3, -0.25) is 9.80 Å². The molecule has 3 nitrogen and oxygen atoms in total. The number of benzene rings is 2. The van der Waals surface area contributed by atoms with Gasteiger partial charge in [-0.1, -0.05) is 35.9 Å². The molecule has 3 atom stereocenters. The van der Waals surface area contributed by atoms with E-state index in [-0.39, 0.29) is 6.04 Å². The van der Waals surface area contributed by atoms with E-state index in [9.17, 15) is 0 Å². The Morgan fingerprint density at radius 1 is 1.03 bits per heavy atom. The molecule has 2 aromatic carbocycles. The lowest BCUT2D eigenvalue weighted by atomic mass is 9.95. The molecular weight excluding hydrogens is 412 g/mol. The van der Waals surface area contributed by atoms with Gasteiger partial charge in [0.25, 0.3) is 0 Å². The van der Waals surface area contributed by atoms with E-state index in [0.29, 0.717) is 12.1 Å². The summed E-state index contributed by atoms with van der Waals surface area (Å²) in [5, 5.41) is 5.26. The fraction of sp³-hybridized carbons (Fsp3) is 0.360. The van der Waals surface area contributed by atoms with Gasteiger partial charge in [-0.05, 0) is 71.6 Å². The smallest absolute Gasteiger partial charge is 0.119 e. The van der Waals surface area contributed by atoms with Gasteiger partial charge in [-0.15, -0.1) is 0 Å². The van der Waals surface area contributed by atoms with Crippen LogP contribution in [0.2, 0.25) is 5.02 Å². The van der Waals surface area contributed by atoms with Crippen molar-refractivity contribution in [3.05, 3.63) is 87.1 Å². The lowest BCUT2D eigenvalue weighted by Gasteiger charge is -2.47. The average molecular weight is 441 g/mol. The number of piperazine rings is 1. The molecule has 0 amide bonds. The van der Waals surface area contributed by atoms with Crippen molar-refractivity contribution in [2.24, 2.45) is 0 Å². The van der Waals surface area contributed by atoms with Gasteiger partial charge >= 0.3 is 0 Å². The van der Waals surface area contributed by atoms with E-state index in [1.54, 1.807) is 18.4 Å². The summed E-state index contributed by atoms with van der Waals surface area (Å²) in [6, 6.07) is 20.1. The Hall–Kier alpha value is -1.85. The summed E-state index contributed by atoms with van der Waals surface area (Å²) in [5.41, 5.74) is 3.92. The summed E-state index contributed by atoms with van der Waals surface area (Å²) in [5.74, 6) is 0.910. The van der Waals surface area contributed by atoms with Gasteiger partial charge in [0.15, 0.2) is 0 Å². The predicted molar refractivity (Wildman–Crippen MR) is 127 cm³/mol. The Morgan fingerprint density at radius 2 is 1.87 bits per heavy atom. The third-order valence-corrected chi connectivity index (χ3v) is 6.97. The summed E-state index contributed by atoms with van der Waals surface area (Å²) < 4.78 is 5.52. The molecule has 0 saturated carbocycles. The van der Waals surface area contributed by atoms with Crippen LogP contribution in [0.3, 0.4) is 0 Å². The van der Waals surface area contributed by atoms with Crippen molar-refractivity contribution in [3.63, 3.8) is 0 Å². The highest BCUT2D eigenvalue weighted by atomic mass is 35.5. The zero-order valence-corrected chi connectivity index (χ0v) is 19.4. The zero-order valence-electron chi connectivity index (χ0n) is 17.8. The highest BCUT2D eigenvalue weighted by Crippen LogP contribution is 2.35. The molecule has 1 fully saturated rings. The number of nitrogens with zero attached hydrogens (tertiary/aromatic N) is 2. The highest BCUT2D eigenvalue weighted by molar-refractivity contribution is 7.08. The van der Waals surface area contributed by atoms with Crippen LogP contribution in [0.4, 0.5) is 0 Å². The van der Waals surface area contributed by atoms with E-state index in [1.807, 2.05) is 18.2 Å². The van der Waals surface area contributed by atoms with Crippen LogP contribution in [0.25, 0.3) is 0 Å². The average Bonchev–Trinajstić information content (AvgIpc) is 3.26. The maximum Gasteiger partial charge on any atom is 0.119 e. The maximum atomic E-state index is 6.21. The van der Waals surface area contributed by atoms with E-state index >= 15 is 0 Å². The molecule has 2 heterocycles. The zero-order chi connectivity index (χ0) is 21.1. The van der Waals surface area contributed by atoms with Crippen molar-refractivity contribution in [1.29, 1.82) is 0 Å². The second kappa shape index (κ2) is 9.52. The van der Waals surface area contributed by atoms with Crippen molar-refractivity contribution >= 4 is 22.9 Å². The fourth-order valence-corrected chi connectivity index (χ4v) is 5.38. The van der Waals surface area contributed by atoms with Crippen molar-refractivity contribution in [2.45, 2.75) is 38.5 Å². The summed E-state index contributed by atoms with van der Waals surface area (Å²) in [7, 11) is 1.73. The van der Waals surface area contributed by atoms with Crippen LogP contribution in [-0.4, -0.2) is 42.1 Å².